The molecule has 1 saturated heterocycles. The largest absolute Gasteiger partial charge is 0.367 e. The summed E-state index contributed by atoms with van der Waals surface area (Å²) in [5.41, 5.74) is 0. The van der Waals surface area contributed by atoms with E-state index in [1.54, 1.807) is 17.7 Å². The van der Waals surface area contributed by atoms with Crippen LogP contribution in [0.1, 0.15) is 43.4 Å². The van der Waals surface area contributed by atoms with Crippen molar-refractivity contribution >= 4 is 39.1 Å². The van der Waals surface area contributed by atoms with Crippen LogP contribution in [-0.4, -0.2) is 33.6 Å². The summed E-state index contributed by atoms with van der Waals surface area (Å²) in [6, 6.07) is 3.54. The van der Waals surface area contributed by atoms with Crippen molar-refractivity contribution in [2.24, 2.45) is 0 Å². The lowest BCUT2D eigenvalue weighted by molar-refractivity contribution is 0.587. The lowest BCUT2D eigenvalue weighted by atomic mass is 10.1. The molecule has 4 rings (SSSR count). The molecule has 4 nitrogen and oxygen atoms in total. The summed E-state index contributed by atoms with van der Waals surface area (Å²) in [6.45, 7) is 0.953. The van der Waals surface area contributed by atoms with E-state index in [0.29, 0.717) is 12.1 Å². The van der Waals surface area contributed by atoms with E-state index in [4.69, 9.17) is 0 Å². The number of anilines is 1. The van der Waals surface area contributed by atoms with E-state index in [1.165, 1.54) is 60.3 Å². The van der Waals surface area contributed by atoms with E-state index < -0.39 is 0 Å². The molecule has 23 heavy (non-hydrogen) atoms. The van der Waals surface area contributed by atoms with E-state index in [2.05, 4.69) is 26.7 Å². The second-order valence-electron chi connectivity index (χ2n) is 6.60. The van der Waals surface area contributed by atoms with Gasteiger partial charge in [0.25, 0.3) is 0 Å². The van der Waals surface area contributed by atoms with Gasteiger partial charge < -0.3 is 10.6 Å². The molecule has 1 saturated carbocycles. The number of fused-ring (bicyclic) bond motifs is 1. The van der Waals surface area contributed by atoms with Gasteiger partial charge in [0.1, 0.15) is 17.0 Å². The quantitative estimate of drug-likeness (QED) is 0.799. The normalized spacial score (nSPS) is 20.3. The molecule has 2 fully saturated rings. The Morgan fingerprint density at radius 1 is 1.04 bits per heavy atom. The highest BCUT2D eigenvalue weighted by atomic mass is 32.2. The van der Waals surface area contributed by atoms with Crippen molar-refractivity contribution in [3.8, 4) is 0 Å². The number of hydrogen-bond acceptors (Lipinski definition) is 6. The van der Waals surface area contributed by atoms with Gasteiger partial charge in [-0.25, -0.2) is 9.97 Å². The van der Waals surface area contributed by atoms with E-state index in [1.807, 2.05) is 11.8 Å². The van der Waals surface area contributed by atoms with Crippen LogP contribution in [0.2, 0.25) is 0 Å². The Balaban J connectivity index is 1.48. The van der Waals surface area contributed by atoms with Crippen molar-refractivity contribution in [3.63, 3.8) is 0 Å². The molecule has 124 valence electrons. The third-order valence-electron chi connectivity index (χ3n) is 4.78. The van der Waals surface area contributed by atoms with Gasteiger partial charge in [-0.2, -0.15) is 11.8 Å². The molecule has 3 heterocycles. The number of thioether (sulfide) groups is 1. The molecule has 1 aliphatic heterocycles. The van der Waals surface area contributed by atoms with Gasteiger partial charge in [0, 0.05) is 35.0 Å². The van der Waals surface area contributed by atoms with Gasteiger partial charge in [-0.05, 0) is 18.9 Å². The number of thiophene rings is 1. The number of rotatable bonds is 5. The predicted molar refractivity (Wildman–Crippen MR) is 100 cm³/mol. The topological polar surface area (TPSA) is 49.8 Å². The summed E-state index contributed by atoms with van der Waals surface area (Å²) in [7, 11) is 0. The summed E-state index contributed by atoms with van der Waals surface area (Å²) in [4.78, 5) is 11.5. The van der Waals surface area contributed by atoms with Crippen LogP contribution in [0.25, 0.3) is 10.2 Å². The average Bonchev–Trinajstić information content (AvgIpc) is 2.75. The van der Waals surface area contributed by atoms with Crippen LogP contribution in [0.15, 0.2) is 12.4 Å². The highest BCUT2D eigenvalue weighted by Gasteiger charge is 2.18. The van der Waals surface area contributed by atoms with Gasteiger partial charge in [-0.1, -0.05) is 25.7 Å². The van der Waals surface area contributed by atoms with Crippen LogP contribution in [0.3, 0.4) is 0 Å². The van der Waals surface area contributed by atoms with Crippen LogP contribution in [-0.2, 0) is 6.54 Å². The first kappa shape index (κ1) is 15.7. The highest BCUT2D eigenvalue weighted by molar-refractivity contribution is 8.00. The molecule has 0 amide bonds. The number of nitrogens with one attached hydrogen (secondary N) is 2. The standard InChI is InChI=1S/C17H24N4S2/c1-2-4-6-12(5-3-1)21-16-15-7-14(8-18-13-9-22-10-13)23-17(15)20-11-19-16/h7,11-13,18H,1-6,8-10H2,(H,19,20,21). The monoisotopic (exact) mass is 348 g/mol. The summed E-state index contributed by atoms with van der Waals surface area (Å²) >= 11 is 3.81. The van der Waals surface area contributed by atoms with Gasteiger partial charge in [0.05, 0.1) is 5.39 Å². The van der Waals surface area contributed by atoms with Gasteiger partial charge in [0.2, 0.25) is 0 Å². The molecule has 2 N–H and O–H groups in total. The van der Waals surface area contributed by atoms with E-state index in [-0.39, 0.29) is 0 Å². The summed E-state index contributed by atoms with van der Waals surface area (Å²) in [5, 5.41) is 8.52. The molecule has 0 bridgehead atoms. The SMILES string of the molecule is c1nc(NC2CCCCCC2)c2cc(CNC3CSC3)sc2n1. The maximum absolute atomic E-state index is 4.53. The molecule has 6 heteroatoms. The zero-order valence-electron chi connectivity index (χ0n) is 13.4. The molecular weight excluding hydrogens is 324 g/mol. The predicted octanol–water partition coefficient (Wildman–Crippen LogP) is 4.03. The van der Waals surface area contributed by atoms with Gasteiger partial charge in [-0.15, -0.1) is 11.3 Å². The van der Waals surface area contributed by atoms with Crippen LogP contribution in [0, 0.1) is 0 Å². The third-order valence-corrected chi connectivity index (χ3v) is 7.10. The molecule has 0 aromatic carbocycles. The lowest BCUT2D eigenvalue weighted by Gasteiger charge is -2.25. The third kappa shape index (κ3) is 3.80. The second-order valence-corrected chi connectivity index (χ2v) is 8.79. The zero-order valence-corrected chi connectivity index (χ0v) is 15.0. The first-order chi connectivity index (χ1) is 11.4. The maximum Gasteiger partial charge on any atom is 0.138 e. The fourth-order valence-corrected chi connectivity index (χ4v) is 4.98. The molecule has 2 aromatic heterocycles. The Kier molecular flexibility index (Phi) is 5.01. The Bertz CT molecular complexity index is 645. The lowest BCUT2D eigenvalue weighted by Crippen LogP contribution is -2.39. The smallest absolute Gasteiger partial charge is 0.138 e. The van der Waals surface area contributed by atoms with Crippen molar-refractivity contribution in [1.29, 1.82) is 0 Å². The fourth-order valence-electron chi connectivity index (χ4n) is 3.32. The number of nitrogens with zero attached hydrogens (tertiary/aromatic N) is 2. The van der Waals surface area contributed by atoms with Crippen molar-refractivity contribution < 1.29 is 0 Å². The Morgan fingerprint density at radius 3 is 2.61 bits per heavy atom. The first-order valence-corrected chi connectivity index (χ1v) is 10.7. The van der Waals surface area contributed by atoms with Crippen molar-refractivity contribution in [3.05, 3.63) is 17.3 Å². The van der Waals surface area contributed by atoms with Gasteiger partial charge in [-0.3, -0.25) is 0 Å². The highest BCUT2D eigenvalue weighted by Crippen LogP contribution is 2.30. The van der Waals surface area contributed by atoms with Crippen molar-refractivity contribution in [1.82, 2.24) is 15.3 Å². The minimum Gasteiger partial charge on any atom is -0.367 e. The number of hydrogen-bond donors (Lipinski definition) is 2. The van der Waals surface area contributed by atoms with Crippen LogP contribution < -0.4 is 10.6 Å². The van der Waals surface area contributed by atoms with E-state index in [9.17, 15) is 0 Å². The van der Waals surface area contributed by atoms with Crippen LogP contribution in [0.5, 0.6) is 0 Å². The van der Waals surface area contributed by atoms with E-state index in [0.717, 1.165) is 17.2 Å². The maximum atomic E-state index is 4.53. The van der Waals surface area contributed by atoms with E-state index >= 15 is 0 Å². The summed E-state index contributed by atoms with van der Waals surface area (Å²) < 4.78 is 0. The zero-order chi connectivity index (χ0) is 15.5. The van der Waals surface area contributed by atoms with Gasteiger partial charge in [0.15, 0.2) is 0 Å². The molecule has 0 unspecified atom stereocenters. The molecule has 1 aliphatic carbocycles. The minimum atomic E-state index is 0.573. The number of aromatic nitrogens is 2. The summed E-state index contributed by atoms with van der Waals surface area (Å²) in [6.07, 6.45) is 9.68. The fraction of sp³-hybridized carbons (Fsp3) is 0.647. The minimum absolute atomic E-state index is 0.573. The molecule has 0 atom stereocenters. The molecule has 0 spiro atoms. The van der Waals surface area contributed by atoms with Crippen LogP contribution in [0.4, 0.5) is 5.82 Å². The van der Waals surface area contributed by atoms with Crippen molar-refractivity contribution in [2.45, 2.75) is 57.2 Å². The van der Waals surface area contributed by atoms with Crippen LogP contribution >= 0.6 is 23.1 Å². The Labute approximate surface area is 145 Å². The Morgan fingerprint density at radius 2 is 1.87 bits per heavy atom. The summed E-state index contributed by atoms with van der Waals surface area (Å²) in [5.74, 6) is 3.53. The molecule has 0 radical (unpaired) electrons. The second kappa shape index (κ2) is 7.36. The Hall–Kier alpha value is -0.850. The van der Waals surface area contributed by atoms with Crippen molar-refractivity contribution in [2.75, 3.05) is 16.8 Å². The van der Waals surface area contributed by atoms with Gasteiger partial charge >= 0.3 is 0 Å². The first-order valence-electron chi connectivity index (χ1n) is 8.69. The molecule has 2 aliphatic rings. The molecular formula is C17H24N4S2. The average molecular weight is 349 g/mol. The molecule has 2 aromatic rings.